The maximum atomic E-state index is 13.0. The molecule has 1 unspecified atom stereocenters. The van der Waals surface area contributed by atoms with Gasteiger partial charge >= 0.3 is 0 Å². The van der Waals surface area contributed by atoms with Gasteiger partial charge in [0.05, 0.1) is 11.2 Å². The molecule has 24 heavy (non-hydrogen) atoms. The van der Waals surface area contributed by atoms with Crippen molar-refractivity contribution >= 4 is 20.0 Å². The minimum atomic E-state index is -3.99. The zero-order valence-electron chi connectivity index (χ0n) is 12.8. The number of hydrogen-bond donors (Lipinski definition) is 2. The standard InChI is InChI=1S/C14H17FN2O5S2/c1-2-16-24(20,21)17-10-14(13-4-3-9-22-13)23(18,19)12-7-5-11(15)6-8-12/h3-9,14,16-17H,2,10H2,1H3. The summed E-state index contributed by atoms with van der Waals surface area (Å²) < 4.78 is 71.5. The van der Waals surface area contributed by atoms with Crippen LogP contribution >= 0.6 is 0 Å². The summed E-state index contributed by atoms with van der Waals surface area (Å²) in [5.74, 6) is -0.491. The number of sulfone groups is 1. The molecular formula is C14H17FN2O5S2. The van der Waals surface area contributed by atoms with E-state index < -0.39 is 37.7 Å². The van der Waals surface area contributed by atoms with Crippen LogP contribution in [-0.4, -0.2) is 29.9 Å². The molecule has 0 fully saturated rings. The van der Waals surface area contributed by atoms with E-state index in [9.17, 15) is 21.2 Å². The maximum Gasteiger partial charge on any atom is 0.276 e. The molecular weight excluding hydrogens is 359 g/mol. The van der Waals surface area contributed by atoms with Crippen molar-refractivity contribution in [3.63, 3.8) is 0 Å². The predicted octanol–water partition coefficient (Wildman–Crippen LogP) is 1.38. The van der Waals surface area contributed by atoms with Crippen molar-refractivity contribution in [3.05, 3.63) is 54.2 Å². The van der Waals surface area contributed by atoms with Crippen molar-refractivity contribution in [2.75, 3.05) is 13.1 Å². The monoisotopic (exact) mass is 376 g/mol. The van der Waals surface area contributed by atoms with Crippen LogP contribution in [0.15, 0.2) is 52.0 Å². The highest BCUT2D eigenvalue weighted by Gasteiger charge is 2.32. The van der Waals surface area contributed by atoms with Crippen molar-refractivity contribution in [1.29, 1.82) is 0 Å². The van der Waals surface area contributed by atoms with Gasteiger partial charge in [-0.25, -0.2) is 22.3 Å². The lowest BCUT2D eigenvalue weighted by Crippen LogP contribution is -2.39. The molecule has 2 aromatic rings. The van der Waals surface area contributed by atoms with E-state index in [1.807, 2.05) is 0 Å². The molecule has 0 bridgehead atoms. The highest BCUT2D eigenvalue weighted by molar-refractivity contribution is 7.91. The highest BCUT2D eigenvalue weighted by atomic mass is 32.2. The summed E-state index contributed by atoms with van der Waals surface area (Å²) in [6.45, 7) is 1.33. The molecule has 1 aromatic carbocycles. The second-order valence-electron chi connectivity index (χ2n) is 4.85. The van der Waals surface area contributed by atoms with Gasteiger partial charge in [0.2, 0.25) is 0 Å². The molecule has 1 atom stereocenters. The average Bonchev–Trinajstić information content (AvgIpc) is 3.01. The Morgan fingerprint density at radius 3 is 2.29 bits per heavy atom. The van der Waals surface area contributed by atoms with Crippen molar-refractivity contribution in [3.8, 4) is 0 Å². The van der Waals surface area contributed by atoms with Crippen molar-refractivity contribution in [1.82, 2.24) is 9.44 Å². The van der Waals surface area contributed by atoms with Gasteiger partial charge in [-0.15, -0.1) is 0 Å². The SMILES string of the molecule is CCNS(=O)(=O)NCC(c1ccco1)S(=O)(=O)c1ccc(F)cc1. The topological polar surface area (TPSA) is 105 Å². The van der Waals surface area contributed by atoms with E-state index in [-0.39, 0.29) is 17.2 Å². The van der Waals surface area contributed by atoms with E-state index in [0.717, 1.165) is 24.3 Å². The van der Waals surface area contributed by atoms with Gasteiger partial charge in [0.15, 0.2) is 9.84 Å². The van der Waals surface area contributed by atoms with E-state index in [1.165, 1.54) is 18.4 Å². The summed E-state index contributed by atoms with van der Waals surface area (Å²) in [4.78, 5) is -0.132. The van der Waals surface area contributed by atoms with Crippen LogP contribution in [0.5, 0.6) is 0 Å². The Hall–Kier alpha value is -1.75. The second kappa shape index (κ2) is 7.43. The quantitative estimate of drug-likeness (QED) is 0.677. The molecule has 0 saturated carbocycles. The minimum Gasteiger partial charge on any atom is -0.468 e. The van der Waals surface area contributed by atoms with E-state index in [2.05, 4.69) is 9.44 Å². The highest BCUT2D eigenvalue weighted by Crippen LogP contribution is 2.29. The first kappa shape index (κ1) is 18.6. The lowest BCUT2D eigenvalue weighted by Gasteiger charge is -2.16. The summed E-state index contributed by atoms with van der Waals surface area (Å²) in [6, 6.07) is 7.23. The van der Waals surface area contributed by atoms with Gasteiger partial charge in [0.25, 0.3) is 10.2 Å². The van der Waals surface area contributed by atoms with Crippen LogP contribution in [0.1, 0.15) is 17.9 Å². The molecule has 2 N–H and O–H groups in total. The molecule has 1 heterocycles. The molecule has 2 rings (SSSR count). The normalized spacial score (nSPS) is 13.8. The molecule has 0 spiro atoms. The maximum absolute atomic E-state index is 13.0. The van der Waals surface area contributed by atoms with Gasteiger partial charge in [-0.2, -0.15) is 8.42 Å². The molecule has 0 radical (unpaired) electrons. The summed E-state index contributed by atoms with van der Waals surface area (Å²) in [5, 5.41) is -1.29. The molecule has 0 saturated heterocycles. The van der Waals surface area contributed by atoms with Crippen LogP contribution in [0.2, 0.25) is 0 Å². The van der Waals surface area contributed by atoms with Crippen molar-refractivity contribution in [2.45, 2.75) is 17.1 Å². The number of halogens is 1. The number of furan rings is 1. The smallest absolute Gasteiger partial charge is 0.276 e. The summed E-state index contributed by atoms with van der Waals surface area (Å²) in [6.07, 6.45) is 1.29. The third-order valence-corrected chi connectivity index (χ3v) is 6.46. The third kappa shape index (κ3) is 4.41. The van der Waals surface area contributed by atoms with Gasteiger partial charge < -0.3 is 4.42 Å². The fraction of sp³-hybridized carbons (Fsp3) is 0.286. The molecule has 132 valence electrons. The van der Waals surface area contributed by atoms with Gasteiger partial charge in [-0.3, -0.25) is 0 Å². The zero-order chi connectivity index (χ0) is 17.8. The van der Waals surface area contributed by atoms with Crippen LogP contribution in [0, 0.1) is 5.82 Å². The van der Waals surface area contributed by atoms with Gasteiger partial charge in [-0.05, 0) is 36.4 Å². The van der Waals surface area contributed by atoms with E-state index in [0.29, 0.717) is 0 Å². The fourth-order valence-corrected chi connectivity index (χ4v) is 4.61. The number of benzene rings is 1. The Morgan fingerprint density at radius 2 is 1.75 bits per heavy atom. The van der Waals surface area contributed by atoms with E-state index >= 15 is 0 Å². The van der Waals surface area contributed by atoms with Gasteiger partial charge in [0, 0.05) is 13.1 Å². The molecule has 0 aliphatic carbocycles. The molecule has 0 aliphatic rings. The lowest BCUT2D eigenvalue weighted by atomic mass is 10.3. The molecule has 7 nitrogen and oxygen atoms in total. The molecule has 0 aliphatic heterocycles. The number of hydrogen-bond acceptors (Lipinski definition) is 5. The van der Waals surface area contributed by atoms with E-state index in [1.54, 1.807) is 6.92 Å². The first-order valence-corrected chi connectivity index (χ1v) is 10.1. The summed E-state index contributed by atoms with van der Waals surface area (Å²) >= 11 is 0. The van der Waals surface area contributed by atoms with Crippen molar-refractivity contribution < 1.29 is 25.6 Å². The Labute approximate surface area is 140 Å². The molecule has 10 heteroatoms. The third-order valence-electron chi connectivity index (χ3n) is 3.17. The Bertz CT molecular complexity index is 862. The minimum absolute atomic E-state index is 0.0820. The van der Waals surface area contributed by atoms with Crippen LogP contribution < -0.4 is 9.44 Å². The van der Waals surface area contributed by atoms with Crippen LogP contribution in [-0.2, 0) is 20.0 Å². The Kier molecular flexibility index (Phi) is 5.75. The zero-order valence-corrected chi connectivity index (χ0v) is 14.4. The Balaban J connectivity index is 2.35. The average molecular weight is 376 g/mol. The van der Waals surface area contributed by atoms with Crippen LogP contribution in [0.25, 0.3) is 0 Å². The number of rotatable bonds is 8. The van der Waals surface area contributed by atoms with E-state index in [4.69, 9.17) is 4.42 Å². The largest absolute Gasteiger partial charge is 0.468 e. The first-order chi connectivity index (χ1) is 11.3. The van der Waals surface area contributed by atoms with Crippen molar-refractivity contribution in [2.24, 2.45) is 0 Å². The van der Waals surface area contributed by atoms with Crippen LogP contribution in [0.3, 0.4) is 0 Å². The Morgan fingerprint density at radius 1 is 1.08 bits per heavy atom. The summed E-state index contributed by atoms with van der Waals surface area (Å²) in [7, 11) is -7.83. The number of nitrogens with one attached hydrogen (secondary N) is 2. The van der Waals surface area contributed by atoms with Gasteiger partial charge in [-0.1, -0.05) is 6.92 Å². The first-order valence-electron chi connectivity index (χ1n) is 7.03. The molecule has 1 aromatic heterocycles. The van der Waals surface area contributed by atoms with Gasteiger partial charge in [0.1, 0.15) is 16.8 Å². The fourth-order valence-electron chi connectivity index (χ4n) is 2.05. The van der Waals surface area contributed by atoms with Crippen LogP contribution in [0.4, 0.5) is 4.39 Å². The summed E-state index contributed by atoms with van der Waals surface area (Å²) in [5.41, 5.74) is 0. The second-order valence-corrected chi connectivity index (χ2v) is 8.57. The molecule has 0 amide bonds. The lowest BCUT2D eigenvalue weighted by molar-refractivity contribution is 0.486. The predicted molar refractivity (Wildman–Crippen MR) is 85.6 cm³/mol.